The first-order chi connectivity index (χ1) is 12.0. The van der Waals surface area contributed by atoms with Crippen molar-refractivity contribution in [2.45, 2.75) is 18.9 Å². The largest absolute Gasteiger partial charge is 0.369 e. The molecular weight excluding hydrogens is 340 g/mol. The van der Waals surface area contributed by atoms with Gasteiger partial charge in [-0.1, -0.05) is 11.6 Å². The molecule has 0 bridgehead atoms. The summed E-state index contributed by atoms with van der Waals surface area (Å²) in [5.74, 6) is -0.635. The lowest BCUT2D eigenvalue weighted by Gasteiger charge is -2.35. The molecule has 1 saturated heterocycles. The molecule has 3 N–H and O–H groups in total. The maximum Gasteiger partial charge on any atom is 0.252 e. The molecule has 7 heteroatoms. The van der Waals surface area contributed by atoms with Gasteiger partial charge in [0.25, 0.3) is 11.8 Å². The Labute approximate surface area is 151 Å². The average molecular weight is 359 g/mol. The topological polar surface area (TPSA) is 88.3 Å². The van der Waals surface area contributed by atoms with E-state index >= 15 is 0 Å². The summed E-state index contributed by atoms with van der Waals surface area (Å²) in [6.45, 7) is 1.42. The van der Waals surface area contributed by atoms with Crippen molar-refractivity contribution in [3.05, 3.63) is 58.9 Å². The minimum Gasteiger partial charge on any atom is -0.369 e. The van der Waals surface area contributed by atoms with Crippen molar-refractivity contribution in [3.63, 3.8) is 0 Å². The van der Waals surface area contributed by atoms with E-state index in [4.69, 9.17) is 17.3 Å². The number of pyridine rings is 1. The van der Waals surface area contributed by atoms with Crippen molar-refractivity contribution >= 4 is 29.1 Å². The molecule has 25 heavy (non-hydrogen) atoms. The van der Waals surface area contributed by atoms with Crippen LogP contribution in [0.2, 0.25) is 5.02 Å². The van der Waals surface area contributed by atoms with Gasteiger partial charge in [0.15, 0.2) is 0 Å². The molecule has 6 nitrogen and oxygen atoms in total. The number of aromatic nitrogens is 1. The lowest BCUT2D eigenvalue weighted by molar-refractivity contribution is 0.0931. The number of primary amides is 1. The van der Waals surface area contributed by atoms with Crippen molar-refractivity contribution in [2.75, 3.05) is 18.0 Å². The first-order valence-corrected chi connectivity index (χ1v) is 8.47. The quantitative estimate of drug-likeness (QED) is 0.877. The maximum atomic E-state index is 12.4. The molecule has 1 unspecified atom stereocenters. The zero-order chi connectivity index (χ0) is 17.8. The molecule has 1 atom stereocenters. The first-order valence-electron chi connectivity index (χ1n) is 8.10. The number of nitrogens with one attached hydrogen (secondary N) is 1. The number of carbonyl (C=O) groups excluding carboxylic acids is 2. The highest BCUT2D eigenvalue weighted by molar-refractivity contribution is 6.30. The highest BCUT2D eigenvalue weighted by Crippen LogP contribution is 2.23. The van der Waals surface area contributed by atoms with Crippen LogP contribution < -0.4 is 16.0 Å². The fourth-order valence-corrected chi connectivity index (χ4v) is 3.16. The summed E-state index contributed by atoms with van der Waals surface area (Å²) < 4.78 is 0. The van der Waals surface area contributed by atoms with Gasteiger partial charge in [0, 0.05) is 42.1 Å². The lowest BCUT2D eigenvalue weighted by Crippen LogP contribution is -2.48. The highest BCUT2D eigenvalue weighted by atomic mass is 35.5. The number of nitrogens with zero attached hydrogens (tertiary/aromatic N) is 2. The molecule has 1 aromatic carbocycles. The molecule has 130 valence electrons. The van der Waals surface area contributed by atoms with Crippen LogP contribution in [0.3, 0.4) is 0 Å². The number of amides is 2. The van der Waals surface area contributed by atoms with E-state index in [0.29, 0.717) is 22.7 Å². The van der Waals surface area contributed by atoms with Crippen molar-refractivity contribution in [1.82, 2.24) is 10.3 Å². The Bertz CT molecular complexity index is 779. The predicted octanol–water partition coefficient (Wildman–Crippen LogP) is 2.23. The molecule has 0 radical (unpaired) electrons. The van der Waals surface area contributed by atoms with E-state index in [2.05, 4.69) is 15.2 Å². The van der Waals surface area contributed by atoms with Gasteiger partial charge in [-0.05, 0) is 43.2 Å². The Morgan fingerprint density at radius 3 is 2.72 bits per heavy atom. The normalized spacial score (nSPS) is 17.2. The lowest BCUT2D eigenvalue weighted by atomic mass is 10.0. The number of rotatable bonds is 4. The molecule has 1 aromatic heterocycles. The van der Waals surface area contributed by atoms with E-state index in [-0.39, 0.29) is 11.9 Å². The third kappa shape index (κ3) is 4.09. The van der Waals surface area contributed by atoms with Crippen LogP contribution >= 0.6 is 11.6 Å². The van der Waals surface area contributed by atoms with Gasteiger partial charge in [0.05, 0.1) is 11.3 Å². The number of nitrogens with two attached hydrogens (primary N) is 1. The van der Waals surface area contributed by atoms with E-state index in [1.165, 1.54) is 6.20 Å². The SMILES string of the molecule is NC(=O)c1cnccc1N1CCCC(NC(=O)c2ccc(Cl)cc2)C1. The molecule has 1 fully saturated rings. The molecule has 1 aliphatic rings. The van der Waals surface area contributed by atoms with Gasteiger partial charge < -0.3 is 16.0 Å². The zero-order valence-electron chi connectivity index (χ0n) is 13.6. The number of hydrogen-bond acceptors (Lipinski definition) is 4. The molecule has 3 rings (SSSR count). The number of benzene rings is 1. The van der Waals surface area contributed by atoms with Crippen LogP contribution in [0.4, 0.5) is 5.69 Å². The van der Waals surface area contributed by atoms with Crippen molar-refractivity contribution in [2.24, 2.45) is 5.73 Å². The summed E-state index contributed by atoms with van der Waals surface area (Å²) in [7, 11) is 0. The second kappa shape index (κ2) is 7.53. The molecule has 2 amide bonds. The molecule has 0 aliphatic carbocycles. The monoisotopic (exact) mass is 358 g/mol. The number of carbonyl (C=O) groups is 2. The third-order valence-electron chi connectivity index (χ3n) is 4.27. The minimum atomic E-state index is -0.504. The fraction of sp³-hybridized carbons (Fsp3) is 0.278. The van der Waals surface area contributed by atoms with Gasteiger partial charge in [-0.25, -0.2) is 0 Å². The van der Waals surface area contributed by atoms with E-state index in [0.717, 1.165) is 25.1 Å². The number of piperidine rings is 1. The van der Waals surface area contributed by atoms with Gasteiger partial charge >= 0.3 is 0 Å². The van der Waals surface area contributed by atoms with Gasteiger partial charge in [0.1, 0.15) is 0 Å². The van der Waals surface area contributed by atoms with Crippen LogP contribution in [-0.4, -0.2) is 35.9 Å². The summed E-state index contributed by atoms with van der Waals surface area (Å²) in [5, 5.41) is 3.64. The Morgan fingerprint density at radius 1 is 1.24 bits per heavy atom. The fourth-order valence-electron chi connectivity index (χ4n) is 3.04. The van der Waals surface area contributed by atoms with Crippen LogP contribution in [0.1, 0.15) is 33.6 Å². The van der Waals surface area contributed by atoms with E-state index in [9.17, 15) is 9.59 Å². The summed E-state index contributed by atoms with van der Waals surface area (Å²) >= 11 is 5.85. The Kier molecular flexibility index (Phi) is 5.19. The van der Waals surface area contributed by atoms with E-state index < -0.39 is 5.91 Å². The molecule has 1 aliphatic heterocycles. The Balaban J connectivity index is 1.70. The van der Waals surface area contributed by atoms with Gasteiger partial charge in [-0.3, -0.25) is 14.6 Å². The summed E-state index contributed by atoms with van der Waals surface area (Å²) in [5.41, 5.74) is 7.16. The summed E-state index contributed by atoms with van der Waals surface area (Å²) in [6.07, 6.45) is 4.91. The van der Waals surface area contributed by atoms with Gasteiger partial charge in [-0.15, -0.1) is 0 Å². The summed E-state index contributed by atoms with van der Waals surface area (Å²) in [6, 6.07) is 8.56. The second-order valence-electron chi connectivity index (χ2n) is 6.02. The average Bonchev–Trinajstić information content (AvgIpc) is 2.62. The molecule has 2 aromatic rings. The maximum absolute atomic E-state index is 12.4. The zero-order valence-corrected chi connectivity index (χ0v) is 14.4. The van der Waals surface area contributed by atoms with Crippen LogP contribution in [0.5, 0.6) is 0 Å². The van der Waals surface area contributed by atoms with Crippen LogP contribution in [-0.2, 0) is 0 Å². The van der Waals surface area contributed by atoms with Gasteiger partial charge in [0.2, 0.25) is 0 Å². The Hall–Kier alpha value is -2.60. The third-order valence-corrected chi connectivity index (χ3v) is 4.52. The molecule has 0 spiro atoms. The van der Waals surface area contributed by atoms with Crippen LogP contribution in [0.15, 0.2) is 42.7 Å². The molecule has 2 heterocycles. The van der Waals surface area contributed by atoms with E-state index in [1.807, 2.05) is 0 Å². The molecule has 0 saturated carbocycles. The minimum absolute atomic E-state index is 0.00850. The summed E-state index contributed by atoms with van der Waals surface area (Å²) in [4.78, 5) is 30.0. The van der Waals surface area contributed by atoms with Crippen molar-refractivity contribution < 1.29 is 9.59 Å². The van der Waals surface area contributed by atoms with Crippen LogP contribution in [0.25, 0.3) is 0 Å². The van der Waals surface area contributed by atoms with E-state index in [1.54, 1.807) is 36.5 Å². The Morgan fingerprint density at radius 2 is 2.00 bits per heavy atom. The van der Waals surface area contributed by atoms with Crippen molar-refractivity contribution in [1.29, 1.82) is 0 Å². The first kappa shape index (κ1) is 17.2. The predicted molar refractivity (Wildman–Crippen MR) is 96.9 cm³/mol. The number of anilines is 1. The molecular formula is C18H19ClN4O2. The smallest absolute Gasteiger partial charge is 0.252 e. The highest BCUT2D eigenvalue weighted by Gasteiger charge is 2.24. The number of halogens is 1. The van der Waals surface area contributed by atoms with Gasteiger partial charge in [-0.2, -0.15) is 0 Å². The number of hydrogen-bond donors (Lipinski definition) is 2. The second-order valence-corrected chi connectivity index (χ2v) is 6.46. The van der Waals surface area contributed by atoms with Crippen LogP contribution in [0, 0.1) is 0 Å². The standard InChI is InChI=1S/C18H19ClN4O2/c19-13-5-3-12(4-6-13)18(25)22-14-2-1-9-23(11-14)16-7-8-21-10-15(16)17(20)24/h3-8,10,14H,1-2,9,11H2,(H2,20,24)(H,22,25). The van der Waals surface area contributed by atoms with Crippen molar-refractivity contribution in [3.8, 4) is 0 Å².